The Morgan fingerprint density at radius 1 is 0.714 bits per heavy atom. The molecule has 0 aliphatic heterocycles. The summed E-state index contributed by atoms with van der Waals surface area (Å²) in [6.45, 7) is 9.07. The summed E-state index contributed by atoms with van der Waals surface area (Å²) in [5.41, 5.74) is 8.18. The molecule has 2 aromatic rings. The average molecular weight is 305 g/mol. The maximum Gasteiger partial charge on any atom is 0.108 e. The summed E-state index contributed by atoms with van der Waals surface area (Å²) in [6.07, 6.45) is 9.97. The van der Waals surface area contributed by atoms with E-state index < -0.39 is 0 Å². The largest absolute Gasteiger partial charge is 0.173 e. The first kappa shape index (κ1) is 16.4. The standard InChI is InChI=1S/C18H28N2S/c1-5-7-9-11-15-13(3)14(4)16(12-10-8-6-2)18-17(15)19-21-20-18/h5-12H2,1-4H3. The fourth-order valence-electron chi connectivity index (χ4n) is 3.11. The fourth-order valence-corrected chi connectivity index (χ4v) is 3.71. The zero-order valence-corrected chi connectivity index (χ0v) is 14.8. The summed E-state index contributed by atoms with van der Waals surface area (Å²) in [7, 11) is 0. The van der Waals surface area contributed by atoms with Gasteiger partial charge in [0.25, 0.3) is 0 Å². The molecule has 0 N–H and O–H groups in total. The zero-order valence-electron chi connectivity index (χ0n) is 14.0. The van der Waals surface area contributed by atoms with Gasteiger partial charge < -0.3 is 0 Å². The molecule has 0 bridgehead atoms. The van der Waals surface area contributed by atoms with Crippen LogP contribution in [-0.2, 0) is 12.8 Å². The molecule has 0 unspecified atom stereocenters. The number of aromatic nitrogens is 2. The third kappa shape index (κ3) is 3.63. The van der Waals surface area contributed by atoms with Crippen LogP contribution in [0.4, 0.5) is 0 Å². The Morgan fingerprint density at radius 2 is 1.14 bits per heavy atom. The van der Waals surface area contributed by atoms with Crippen molar-refractivity contribution >= 4 is 22.8 Å². The molecule has 0 saturated carbocycles. The molecule has 1 aromatic heterocycles. The second-order valence-electron chi connectivity index (χ2n) is 6.08. The number of fused-ring (bicyclic) bond motifs is 1. The number of nitrogens with zero attached hydrogens (tertiary/aromatic N) is 2. The van der Waals surface area contributed by atoms with E-state index in [0.717, 1.165) is 12.8 Å². The number of aryl methyl sites for hydroxylation is 2. The second-order valence-corrected chi connectivity index (χ2v) is 6.61. The number of rotatable bonds is 8. The van der Waals surface area contributed by atoms with Gasteiger partial charge in [-0.15, -0.1) is 0 Å². The third-order valence-corrected chi connectivity index (χ3v) is 5.12. The quantitative estimate of drug-likeness (QED) is 0.578. The van der Waals surface area contributed by atoms with Gasteiger partial charge in [0.05, 0.1) is 11.7 Å². The molecule has 0 radical (unpaired) electrons. The van der Waals surface area contributed by atoms with E-state index in [1.807, 2.05) is 0 Å². The van der Waals surface area contributed by atoms with Crippen LogP contribution in [0, 0.1) is 13.8 Å². The number of hydrogen-bond donors (Lipinski definition) is 0. The van der Waals surface area contributed by atoms with Crippen LogP contribution in [0.2, 0.25) is 0 Å². The monoisotopic (exact) mass is 304 g/mol. The van der Waals surface area contributed by atoms with Gasteiger partial charge in [-0.05, 0) is 61.8 Å². The lowest BCUT2D eigenvalue weighted by Crippen LogP contribution is -2.01. The van der Waals surface area contributed by atoms with Gasteiger partial charge in [-0.1, -0.05) is 39.5 Å². The van der Waals surface area contributed by atoms with Gasteiger partial charge in [-0.2, -0.15) is 8.75 Å². The minimum Gasteiger partial charge on any atom is -0.173 e. The van der Waals surface area contributed by atoms with E-state index in [1.54, 1.807) is 0 Å². The van der Waals surface area contributed by atoms with Crippen molar-refractivity contribution in [3.8, 4) is 0 Å². The van der Waals surface area contributed by atoms with Crippen LogP contribution >= 0.6 is 11.7 Å². The summed E-state index contributed by atoms with van der Waals surface area (Å²) in [5.74, 6) is 0. The Hall–Kier alpha value is -0.960. The molecule has 0 aliphatic rings. The van der Waals surface area contributed by atoms with Crippen LogP contribution in [0.15, 0.2) is 0 Å². The minimum absolute atomic E-state index is 1.15. The second kappa shape index (κ2) is 7.88. The lowest BCUT2D eigenvalue weighted by molar-refractivity contribution is 0.711. The van der Waals surface area contributed by atoms with Crippen LogP contribution in [-0.4, -0.2) is 8.75 Å². The first-order valence-electron chi connectivity index (χ1n) is 8.43. The van der Waals surface area contributed by atoms with Gasteiger partial charge >= 0.3 is 0 Å². The van der Waals surface area contributed by atoms with Gasteiger partial charge in [0, 0.05) is 0 Å². The SMILES string of the molecule is CCCCCc1c(C)c(C)c(CCCCC)c2nsnc12. The summed E-state index contributed by atoms with van der Waals surface area (Å²) in [6, 6.07) is 0. The predicted molar refractivity (Wildman–Crippen MR) is 93.3 cm³/mol. The number of benzene rings is 1. The summed E-state index contributed by atoms with van der Waals surface area (Å²) in [5, 5.41) is 0. The molecular formula is C18H28N2S. The van der Waals surface area contributed by atoms with E-state index >= 15 is 0 Å². The van der Waals surface area contributed by atoms with Gasteiger partial charge in [0.15, 0.2) is 0 Å². The highest BCUT2D eigenvalue weighted by molar-refractivity contribution is 7.00. The van der Waals surface area contributed by atoms with Gasteiger partial charge in [0.2, 0.25) is 0 Å². The molecular weight excluding hydrogens is 276 g/mol. The molecule has 0 fully saturated rings. The van der Waals surface area contributed by atoms with E-state index in [2.05, 4.69) is 36.4 Å². The van der Waals surface area contributed by atoms with E-state index in [9.17, 15) is 0 Å². The first-order valence-corrected chi connectivity index (χ1v) is 9.16. The van der Waals surface area contributed by atoms with E-state index in [4.69, 9.17) is 0 Å². The molecule has 1 heterocycles. The number of hydrogen-bond acceptors (Lipinski definition) is 3. The van der Waals surface area contributed by atoms with Crippen LogP contribution in [0.1, 0.15) is 74.6 Å². The van der Waals surface area contributed by atoms with Crippen LogP contribution in [0.25, 0.3) is 11.0 Å². The van der Waals surface area contributed by atoms with Crippen LogP contribution < -0.4 is 0 Å². The molecule has 21 heavy (non-hydrogen) atoms. The predicted octanol–water partition coefficient (Wildman–Crippen LogP) is 5.77. The van der Waals surface area contributed by atoms with E-state index in [-0.39, 0.29) is 0 Å². The van der Waals surface area contributed by atoms with Crippen molar-refractivity contribution in [2.45, 2.75) is 79.1 Å². The topological polar surface area (TPSA) is 25.8 Å². The van der Waals surface area contributed by atoms with Crippen molar-refractivity contribution in [3.63, 3.8) is 0 Å². The summed E-state index contributed by atoms with van der Waals surface area (Å²) < 4.78 is 9.24. The molecule has 0 amide bonds. The average Bonchev–Trinajstić information content (AvgIpc) is 2.95. The fraction of sp³-hybridized carbons (Fsp3) is 0.667. The van der Waals surface area contributed by atoms with Crippen molar-refractivity contribution in [1.82, 2.24) is 8.75 Å². The Bertz CT molecular complexity index is 536. The normalized spacial score (nSPS) is 11.4. The number of unbranched alkanes of at least 4 members (excludes halogenated alkanes) is 4. The Balaban J connectivity index is 2.36. The molecule has 2 nitrogen and oxygen atoms in total. The lowest BCUT2D eigenvalue weighted by Gasteiger charge is -2.15. The van der Waals surface area contributed by atoms with Crippen LogP contribution in [0.5, 0.6) is 0 Å². The minimum atomic E-state index is 1.15. The first-order chi connectivity index (χ1) is 10.2. The van der Waals surface area contributed by atoms with E-state index in [1.165, 1.54) is 83.5 Å². The maximum atomic E-state index is 4.62. The highest BCUT2D eigenvalue weighted by Gasteiger charge is 2.16. The highest BCUT2D eigenvalue weighted by Crippen LogP contribution is 2.31. The third-order valence-electron chi connectivity index (χ3n) is 4.59. The van der Waals surface area contributed by atoms with Crippen molar-refractivity contribution in [2.75, 3.05) is 0 Å². The summed E-state index contributed by atoms with van der Waals surface area (Å²) in [4.78, 5) is 0. The lowest BCUT2D eigenvalue weighted by atomic mass is 9.90. The van der Waals surface area contributed by atoms with Gasteiger partial charge in [0.1, 0.15) is 11.0 Å². The molecule has 0 aliphatic carbocycles. The van der Waals surface area contributed by atoms with Crippen molar-refractivity contribution in [2.24, 2.45) is 0 Å². The Morgan fingerprint density at radius 3 is 1.52 bits per heavy atom. The van der Waals surface area contributed by atoms with Gasteiger partial charge in [-0.25, -0.2) is 0 Å². The van der Waals surface area contributed by atoms with Crippen molar-refractivity contribution in [1.29, 1.82) is 0 Å². The molecule has 0 spiro atoms. The summed E-state index contributed by atoms with van der Waals surface area (Å²) >= 11 is 1.38. The Labute approximate surface area is 133 Å². The Kier molecular flexibility index (Phi) is 6.16. The molecule has 116 valence electrons. The van der Waals surface area contributed by atoms with Gasteiger partial charge in [-0.3, -0.25) is 0 Å². The molecule has 1 aromatic carbocycles. The highest BCUT2D eigenvalue weighted by atomic mass is 32.1. The molecule has 3 heteroatoms. The smallest absolute Gasteiger partial charge is 0.108 e. The molecule has 0 atom stereocenters. The van der Waals surface area contributed by atoms with E-state index in [0.29, 0.717) is 0 Å². The van der Waals surface area contributed by atoms with Crippen LogP contribution in [0.3, 0.4) is 0 Å². The maximum absolute atomic E-state index is 4.62. The zero-order chi connectivity index (χ0) is 15.2. The van der Waals surface area contributed by atoms with Crippen molar-refractivity contribution < 1.29 is 0 Å². The van der Waals surface area contributed by atoms with Crippen molar-refractivity contribution in [3.05, 3.63) is 22.3 Å². The molecule has 2 rings (SSSR count). The molecule has 0 saturated heterocycles.